The second-order valence-electron chi connectivity index (χ2n) is 6.13. The van der Waals surface area contributed by atoms with Crippen molar-refractivity contribution >= 4 is 32.7 Å². The molecule has 0 amide bonds. The second-order valence-corrected chi connectivity index (χ2v) is 7.98. The van der Waals surface area contributed by atoms with E-state index in [0.29, 0.717) is 11.8 Å². The van der Waals surface area contributed by atoms with Crippen LogP contribution >= 0.6 is 0 Å². The van der Waals surface area contributed by atoms with Crippen LogP contribution in [0.15, 0.2) is 29.2 Å². The Kier molecular flexibility index (Phi) is 5.02. The Hall–Kier alpha value is -3.08. The molecule has 0 aliphatic heterocycles. The van der Waals surface area contributed by atoms with E-state index in [0.717, 1.165) is 16.7 Å². The zero-order chi connectivity index (χ0) is 20.6. The third-order valence-corrected chi connectivity index (χ3v) is 5.54. The summed E-state index contributed by atoms with van der Waals surface area (Å²) in [6.07, 6.45) is 1.64. The lowest BCUT2D eigenvalue weighted by atomic mass is 10.0. The molecule has 0 radical (unpaired) electrons. The third-order valence-electron chi connectivity index (χ3n) is 4.07. The highest BCUT2D eigenvalue weighted by molar-refractivity contribution is 7.92. The van der Waals surface area contributed by atoms with Gasteiger partial charge in [-0.1, -0.05) is 6.92 Å². The van der Waals surface area contributed by atoms with Crippen molar-refractivity contribution < 1.29 is 17.2 Å². The van der Waals surface area contributed by atoms with Gasteiger partial charge in [-0.15, -0.1) is 0 Å². The van der Waals surface area contributed by atoms with Crippen LogP contribution in [0, 0.1) is 11.6 Å². The van der Waals surface area contributed by atoms with Gasteiger partial charge in [-0.3, -0.25) is 14.1 Å². The van der Waals surface area contributed by atoms with Gasteiger partial charge < -0.3 is 5.73 Å². The number of halogens is 2. The number of nitrogens with zero attached hydrogens (tertiary/aromatic N) is 3. The van der Waals surface area contributed by atoms with E-state index >= 15 is 0 Å². The van der Waals surface area contributed by atoms with Gasteiger partial charge >= 0.3 is 0 Å². The fraction of sp³-hybridized carbons (Fsp3) is 0.235. The van der Waals surface area contributed by atoms with E-state index in [9.17, 15) is 22.0 Å². The Bertz CT molecular complexity index is 1240. The van der Waals surface area contributed by atoms with Gasteiger partial charge in [-0.05, 0) is 24.6 Å². The number of nitrogens with two attached hydrogens (primary N) is 1. The number of aromatic nitrogens is 3. The molecule has 1 aromatic carbocycles. The van der Waals surface area contributed by atoms with Crippen LogP contribution in [0.5, 0.6) is 0 Å². The number of pyridine rings is 1. The number of hydrogen-bond acceptors (Lipinski definition) is 6. The fourth-order valence-electron chi connectivity index (χ4n) is 2.80. The molecule has 3 N–H and O–H groups in total. The summed E-state index contributed by atoms with van der Waals surface area (Å²) in [4.78, 5) is 20.5. The molecule has 8 nitrogen and oxygen atoms in total. The highest BCUT2D eigenvalue weighted by Gasteiger charge is 2.22. The SMILES string of the molecule is CCCS(=O)(=O)Nc1ccc(F)c(-c2cc3cnc(N)nc3n(C)c2=O)c1F. The van der Waals surface area contributed by atoms with E-state index in [-0.39, 0.29) is 22.9 Å². The van der Waals surface area contributed by atoms with Crippen molar-refractivity contribution in [2.24, 2.45) is 7.05 Å². The number of hydrogen-bond donors (Lipinski definition) is 2. The number of sulfonamides is 1. The molecule has 28 heavy (non-hydrogen) atoms. The predicted molar refractivity (Wildman–Crippen MR) is 102 cm³/mol. The molecule has 0 unspecified atom stereocenters. The van der Waals surface area contributed by atoms with Crippen molar-refractivity contribution in [2.45, 2.75) is 13.3 Å². The predicted octanol–water partition coefficient (Wildman–Crippen LogP) is 2.01. The number of nitrogens with one attached hydrogen (secondary N) is 1. The number of fused-ring (bicyclic) bond motifs is 1. The van der Waals surface area contributed by atoms with Gasteiger partial charge in [0.05, 0.1) is 22.6 Å². The highest BCUT2D eigenvalue weighted by Crippen LogP contribution is 2.30. The maximum atomic E-state index is 15.0. The summed E-state index contributed by atoms with van der Waals surface area (Å²) in [5.74, 6) is -2.48. The quantitative estimate of drug-likeness (QED) is 0.665. The van der Waals surface area contributed by atoms with Crippen LogP contribution in [0.4, 0.5) is 20.4 Å². The highest BCUT2D eigenvalue weighted by atomic mass is 32.2. The first-order valence-electron chi connectivity index (χ1n) is 8.25. The normalized spacial score (nSPS) is 11.7. The first-order chi connectivity index (χ1) is 13.1. The monoisotopic (exact) mass is 409 g/mol. The van der Waals surface area contributed by atoms with Gasteiger partial charge in [0, 0.05) is 18.6 Å². The van der Waals surface area contributed by atoms with Gasteiger partial charge in [0.1, 0.15) is 11.5 Å². The van der Waals surface area contributed by atoms with Gasteiger partial charge in [-0.2, -0.15) is 4.98 Å². The van der Waals surface area contributed by atoms with Gasteiger partial charge in [0.2, 0.25) is 16.0 Å². The average Bonchev–Trinajstić information content (AvgIpc) is 2.62. The molecule has 3 rings (SSSR count). The summed E-state index contributed by atoms with van der Waals surface area (Å²) in [6, 6.07) is 3.10. The minimum Gasteiger partial charge on any atom is -0.368 e. The largest absolute Gasteiger partial charge is 0.368 e. The Morgan fingerprint density at radius 2 is 2.00 bits per heavy atom. The van der Waals surface area contributed by atoms with Crippen LogP contribution in [-0.2, 0) is 17.1 Å². The molecule has 0 saturated carbocycles. The van der Waals surface area contributed by atoms with E-state index in [1.165, 1.54) is 19.3 Å². The number of rotatable bonds is 5. The molecular weight excluding hydrogens is 392 g/mol. The van der Waals surface area contributed by atoms with Crippen molar-refractivity contribution in [1.82, 2.24) is 14.5 Å². The van der Waals surface area contributed by atoms with Crippen LogP contribution in [0.1, 0.15) is 13.3 Å². The molecule has 0 aliphatic carbocycles. The van der Waals surface area contributed by atoms with E-state index in [1.807, 2.05) is 0 Å². The van der Waals surface area contributed by atoms with Crippen LogP contribution in [0.25, 0.3) is 22.2 Å². The van der Waals surface area contributed by atoms with Crippen molar-refractivity contribution in [3.63, 3.8) is 0 Å². The lowest BCUT2D eigenvalue weighted by molar-refractivity contribution is 0.587. The molecule has 148 valence electrons. The molecule has 0 spiro atoms. The van der Waals surface area contributed by atoms with E-state index in [1.54, 1.807) is 6.92 Å². The molecule has 0 saturated heterocycles. The van der Waals surface area contributed by atoms with Crippen LogP contribution in [0.3, 0.4) is 0 Å². The molecule has 0 atom stereocenters. The van der Waals surface area contributed by atoms with Crippen molar-refractivity contribution in [1.29, 1.82) is 0 Å². The number of nitrogen functional groups attached to an aromatic ring is 1. The summed E-state index contributed by atoms with van der Waals surface area (Å²) >= 11 is 0. The maximum Gasteiger partial charge on any atom is 0.260 e. The first-order valence-corrected chi connectivity index (χ1v) is 9.91. The fourth-order valence-corrected chi connectivity index (χ4v) is 3.94. The molecule has 0 aliphatic rings. The van der Waals surface area contributed by atoms with Crippen LogP contribution in [0.2, 0.25) is 0 Å². The average molecular weight is 409 g/mol. The zero-order valence-corrected chi connectivity index (χ0v) is 15.8. The number of aryl methyl sites for hydroxylation is 1. The molecule has 0 bridgehead atoms. The van der Waals surface area contributed by atoms with Crippen molar-refractivity contribution in [3.8, 4) is 11.1 Å². The smallest absolute Gasteiger partial charge is 0.260 e. The summed E-state index contributed by atoms with van der Waals surface area (Å²) < 4.78 is 56.5. The Labute approximate surface area is 159 Å². The van der Waals surface area contributed by atoms with Gasteiger partial charge in [0.25, 0.3) is 5.56 Å². The topological polar surface area (TPSA) is 120 Å². The molecule has 11 heteroatoms. The van der Waals surface area contributed by atoms with E-state index in [4.69, 9.17) is 5.73 Å². The molecule has 2 heterocycles. The van der Waals surface area contributed by atoms with Gasteiger partial charge in [0.15, 0.2) is 5.82 Å². The summed E-state index contributed by atoms with van der Waals surface area (Å²) in [6.45, 7) is 1.65. The Morgan fingerprint density at radius 3 is 2.68 bits per heavy atom. The Morgan fingerprint density at radius 1 is 1.29 bits per heavy atom. The van der Waals surface area contributed by atoms with Crippen LogP contribution < -0.4 is 16.0 Å². The Balaban J connectivity index is 2.24. The summed E-state index contributed by atoms with van der Waals surface area (Å²) in [5.41, 5.74) is 3.61. The molecule has 3 aromatic rings. The number of anilines is 2. The molecule has 2 aromatic heterocycles. The third kappa shape index (κ3) is 3.52. The lowest BCUT2D eigenvalue weighted by Crippen LogP contribution is -2.22. The number of benzene rings is 1. The minimum atomic E-state index is -3.81. The second kappa shape index (κ2) is 7.15. The molecular formula is C17H17F2N5O3S. The van der Waals surface area contributed by atoms with Crippen molar-refractivity contribution in [3.05, 3.63) is 46.4 Å². The van der Waals surface area contributed by atoms with E-state index in [2.05, 4.69) is 14.7 Å². The minimum absolute atomic E-state index is 0.0556. The first kappa shape index (κ1) is 19.7. The maximum absolute atomic E-state index is 15.0. The zero-order valence-electron chi connectivity index (χ0n) is 15.0. The van der Waals surface area contributed by atoms with E-state index < -0.39 is 38.5 Å². The van der Waals surface area contributed by atoms with Crippen LogP contribution in [-0.4, -0.2) is 28.7 Å². The van der Waals surface area contributed by atoms with Gasteiger partial charge in [-0.25, -0.2) is 22.2 Å². The standard InChI is InChI=1S/C17H17F2N5O3S/c1-3-6-28(26,27)23-12-5-4-11(18)13(14(12)19)10-7-9-8-21-17(20)22-15(9)24(2)16(10)25/h4-5,7-8,23H,3,6H2,1-2H3,(H2,20,21,22). The summed E-state index contributed by atoms with van der Waals surface area (Å²) in [5, 5.41) is 0.335. The lowest BCUT2D eigenvalue weighted by Gasteiger charge is -2.13. The molecule has 0 fully saturated rings. The summed E-state index contributed by atoms with van der Waals surface area (Å²) in [7, 11) is -2.43. The van der Waals surface area contributed by atoms with Crippen molar-refractivity contribution in [2.75, 3.05) is 16.2 Å².